The first-order chi connectivity index (χ1) is 6.89. The molecule has 7 heteroatoms. The highest BCUT2D eigenvalue weighted by atomic mass is 32.2. The second-order valence-electron chi connectivity index (χ2n) is 2.83. The molecule has 0 saturated carbocycles. The first-order valence-electron chi connectivity index (χ1n) is 4.04. The van der Waals surface area contributed by atoms with Crippen molar-refractivity contribution in [1.29, 1.82) is 0 Å². The maximum atomic E-state index is 12.1. The molecule has 1 heterocycles. The van der Waals surface area contributed by atoms with Gasteiger partial charge in [0, 0.05) is 11.9 Å². The molecule has 0 bridgehead atoms. The number of aromatic nitrogens is 1. The van der Waals surface area contributed by atoms with Gasteiger partial charge in [0.05, 0.1) is 0 Å². The lowest BCUT2D eigenvalue weighted by atomic mass is 10.3. The van der Waals surface area contributed by atoms with Crippen LogP contribution in [0.25, 0.3) is 0 Å². The summed E-state index contributed by atoms with van der Waals surface area (Å²) in [5.74, 6) is 0.447. The third kappa shape index (κ3) is 4.06. The largest absolute Gasteiger partial charge is 0.433 e. The number of nitrogens with zero attached hydrogens (tertiary/aromatic N) is 1. The van der Waals surface area contributed by atoms with Crippen molar-refractivity contribution in [1.82, 2.24) is 4.98 Å². The molecule has 4 N–H and O–H groups in total. The van der Waals surface area contributed by atoms with Crippen LogP contribution in [0.2, 0.25) is 0 Å². The molecule has 1 aromatic heterocycles. The molecule has 0 aliphatic rings. The molecule has 84 valence electrons. The molecule has 1 rings (SSSR count). The predicted molar refractivity (Wildman–Crippen MR) is 52.7 cm³/mol. The Morgan fingerprint density at radius 2 is 2.00 bits per heavy atom. The van der Waals surface area contributed by atoms with Gasteiger partial charge >= 0.3 is 6.18 Å². The van der Waals surface area contributed by atoms with Crippen molar-refractivity contribution in [3.05, 3.63) is 29.6 Å². The summed E-state index contributed by atoms with van der Waals surface area (Å²) in [6.45, 7) is 0. The average molecular weight is 237 g/mol. The number of hydrogen-bond donors (Lipinski definition) is 2. The Labute approximate surface area is 89.0 Å². The fourth-order valence-electron chi connectivity index (χ4n) is 0.870. The first kappa shape index (κ1) is 12.3. The number of rotatable bonds is 3. The van der Waals surface area contributed by atoms with Crippen LogP contribution in [0.1, 0.15) is 11.3 Å². The lowest BCUT2D eigenvalue weighted by Gasteiger charge is -2.07. The zero-order chi connectivity index (χ0) is 11.5. The Bertz CT molecular complexity index is 310. The van der Waals surface area contributed by atoms with Gasteiger partial charge in [-0.05, 0) is 11.6 Å². The zero-order valence-electron chi connectivity index (χ0n) is 7.66. The zero-order valence-corrected chi connectivity index (χ0v) is 8.48. The highest BCUT2D eigenvalue weighted by Gasteiger charge is 2.31. The molecule has 0 atom stereocenters. The standard InChI is InChI=1S/C8H10F3N3S/c9-8(10,11)6-2-1-5(3-14-6)4-15-7(12)13/h1-3,7H,4,12-13H2. The SMILES string of the molecule is NC(N)SCc1ccc(C(F)(F)F)nc1. The van der Waals surface area contributed by atoms with Crippen LogP contribution in [0.4, 0.5) is 13.2 Å². The second kappa shape index (κ2) is 4.82. The average Bonchev–Trinajstić information content (AvgIpc) is 2.14. The van der Waals surface area contributed by atoms with Gasteiger partial charge in [0.15, 0.2) is 0 Å². The van der Waals surface area contributed by atoms with E-state index in [1.165, 1.54) is 24.0 Å². The molecule has 0 aliphatic heterocycles. The van der Waals surface area contributed by atoms with Gasteiger partial charge in [-0.25, -0.2) is 0 Å². The molecule has 1 aromatic rings. The number of thioether (sulfide) groups is 1. The molecule has 0 amide bonds. The summed E-state index contributed by atoms with van der Waals surface area (Å²) in [5.41, 5.74) is 9.79. The van der Waals surface area contributed by atoms with Crippen LogP contribution < -0.4 is 11.5 Å². The lowest BCUT2D eigenvalue weighted by molar-refractivity contribution is -0.141. The lowest BCUT2D eigenvalue weighted by Crippen LogP contribution is -2.26. The number of halogens is 3. The summed E-state index contributed by atoms with van der Waals surface area (Å²) in [6.07, 6.45) is -3.21. The van der Waals surface area contributed by atoms with Crippen LogP contribution >= 0.6 is 11.8 Å². The van der Waals surface area contributed by atoms with E-state index in [1.807, 2.05) is 0 Å². The van der Waals surface area contributed by atoms with Gasteiger partial charge in [0.25, 0.3) is 0 Å². The van der Waals surface area contributed by atoms with Crippen molar-refractivity contribution in [3.8, 4) is 0 Å². The quantitative estimate of drug-likeness (QED) is 0.782. The molecule has 15 heavy (non-hydrogen) atoms. The Morgan fingerprint density at radius 1 is 1.33 bits per heavy atom. The van der Waals surface area contributed by atoms with Crippen LogP contribution in [0.3, 0.4) is 0 Å². The molecule has 0 saturated heterocycles. The van der Waals surface area contributed by atoms with E-state index in [9.17, 15) is 13.2 Å². The van der Waals surface area contributed by atoms with E-state index >= 15 is 0 Å². The predicted octanol–water partition coefficient (Wildman–Crippen LogP) is 1.53. The van der Waals surface area contributed by atoms with Gasteiger partial charge in [-0.3, -0.25) is 4.98 Å². The van der Waals surface area contributed by atoms with Crippen molar-refractivity contribution in [2.24, 2.45) is 11.5 Å². The van der Waals surface area contributed by atoms with Crippen LogP contribution in [-0.2, 0) is 11.9 Å². The minimum atomic E-state index is -4.39. The second-order valence-corrected chi connectivity index (χ2v) is 3.99. The number of alkyl halides is 3. The first-order valence-corrected chi connectivity index (χ1v) is 5.09. The summed E-state index contributed by atoms with van der Waals surface area (Å²) in [5, 5.41) is 0. The minimum absolute atomic E-state index is 0.447. The highest BCUT2D eigenvalue weighted by molar-refractivity contribution is 7.99. The van der Waals surface area contributed by atoms with Crippen LogP contribution in [0, 0.1) is 0 Å². The Hall–Kier alpha value is -0.790. The van der Waals surface area contributed by atoms with E-state index in [2.05, 4.69) is 4.98 Å². The van der Waals surface area contributed by atoms with Crippen LogP contribution in [-0.4, -0.2) is 10.5 Å². The summed E-state index contributed by atoms with van der Waals surface area (Å²) >= 11 is 1.23. The Morgan fingerprint density at radius 3 is 2.40 bits per heavy atom. The summed E-state index contributed by atoms with van der Waals surface area (Å²) in [4.78, 5) is 3.31. The third-order valence-electron chi connectivity index (χ3n) is 1.56. The van der Waals surface area contributed by atoms with Gasteiger partial charge in [0.2, 0.25) is 0 Å². The topological polar surface area (TPSA) is 64.9 Å². The maximum absolute atomic E-state index is 12.1. The van der Waals surface area contributed by atoms with E-state index in [4.69, 9.17) is 11.5 Å². The third-order valence-corrected chi connectivity index (χ3v) is 2.44. The van der Waals surface area contributed by atoms with E-state index in [1.54, 1.807) is 0 Å². The number of hydrogen-bond acceptors (Lipinski definition) is 4. The minimum Gasteiger partial charge on any atom is -0.307 e. The molecule has 0 spiro atoms. The summed E-state index contributed by atoms with van der Waals surface area (Å²) in [6, 6.07) is 2.31. The molecular weight excluding hydrogens is 227 g/mol. The van der Waals surface area contributed by atoms with E-state index in [0.717, 1.165) is 6.07 Å². The van der Waals surface area contributed by atoms with Crippen molar-refractivity contribution in [3.63, 3.8) is 0 Å². The fourth-order valence-corrected chi connectivity index (χ4v) is 1.43. The van der Waals surface area contributed by atoms with E-state index in [0.29, 0.717) is 11.3 Å². The van der Waals surface area contributed by atoms with Crippen molar-refractivity contribution >= 4 is 11.8 Å². The van der Waals surface area contributed by atoms with Gasteiger partial charge in [0.1, 0.15) is 11.2 Å². The van der Waals surface area contributed by atoms with Gasteiger partial charge in [-0.15, -0.1) is 11.8 Å². The highest BCUT2D eigenvalue weighted by Crippen LogP contribution is 2.27. The van der Waals surface area contributed by atoms with Gasteiger partial charge < -0.3 is 11.5 Å². The summed E-state index contributed by atoms with van der Waals surface area (Å²) in [7, 11) is 0. The monoisotopic (exact) mass is 237 g/mol. The molecule has 0 aromatic carbocycles. The fraction of sp³-hybridized carbons (Fsp3) is 0.375. The molecule has 3 nitrogen and oxygen atoms in total. The molecule has 0 radical (unpaired) electrons. The summed E-state index contributed by atoms with van der Waals surface area (Å²) < 4.78 is 36.4. The molecule has 0 aliphatic carbocycles. The van der Waals surface area contributed by atoms with Crippen LogP contribution in [0.5, 0.6) is 0 Å². The molecular formula is C8H10F3N3S. The Kier molecular flexibility index (Phi) is 3.95. The normalized spacial score (nSPS) is 12.1. The van der Waals surface area contributed by atoms with Gasteiger partial charge in [-0.1, -0.05) is 6.07 Å². The number of pyridine rings is 1. The Balaban J connectivity index is 2.65. The van der Waals surface area contributed by atoms with Crippen molar-refractivity contribution in [2.75, 3.05) is 0 Å². The maximum Gasteiger partial charge on any atom is 0.433 e. The van der Waals surface area contributed by atoms with Crippen LogP contribution in [0.15, 0.2) is 18.3 Å². The van der Waals surface area contributed by atoms with Crippen molar-refractivity contribution in [2.45, 2.75) is 17.4 Å². The van der Waals surface area contributed by atoms with E-state index in [-0.39, 0.29) is 0 Å². The molecule has 0 fully saturated rings. The van der Waals surface area contributed by atoms with Crippen molar-refractivity contribution < 1.29 is 13.2 Å². The smallest absolute Gasteiger partial charge is 0.307 e. The van der Waals surface area contributed by atoms with Gasteiger partial charge in [-0.2, -0.15) is 13.2 Å². The van der Waals surface area contributed by atoms with E-state index < -0.39 is 17.4 Å². The number of nitrogens with two attached hydrogens (primary N) is 2. The molecule has 0 unspecified atom stereocenters.